The maximum Gasteiger partial charge on any atom is 0.330 e. The molecular formula is C18H24O4. The number of benzene rings is 1. The van der Waals surface area contributed by atoms with Gasteiger partial charge in [-0.1, -0.05) is 35.9 Å². The van der Waals surface area contributed by atoms with Gasteiger partial charge in [-0.2, -0.15) is 0 Å². The van der Waals surface area contributed by atoms with Gasteiger partial charge in [0.25, 0.3) is 0 Å². The molecule has 0 aliphatic rings. The number of esters is 2. The Morgan fingerprint density at radius 2 is 1.73 bits per heavy atom. The van der Waals surface area contributed by atoms with Crippen molar-refractivity contribution in [2.75, 3.05) is 6.61 Å². The SMILES string of the molecule is C=CC(=O)OCCCCCC(=O)OCc1cc(C)cc(C)c1. The van der Waals surface area contributed by atoms with Gasteiger partial charge in [-0.15, -0.1) is 0 Å². The summed E-state index contributed by atoms with van der Waals surface area (Å²) in [7, 11) is 0. The molecule has 0 radical (unpaired) electrons. The van der Waals surface area contributed by atoms with Crippen molar-refractivity contribution < 1.29 is 19.1 Å². The third kappa shape index (κ3) is 7.62. The summed E-state index contributed by atoms with van der Waals surface area (Å²) in [5.74, 6) is -0.602. The normalized spacial score (nSPS) is 10.1. The molecule has 0 atom stereocenters. The molecule has 0 bridgehead atoms. The Hall–Kier alpha value is -2.10. The first-order valence-electron chi connectivity index (χ1n) is 7.53. The molecule has 0 aromatic heterocycles. The van der Waals surface area contributed by atoms with Gasteiger partial charge in [0.2, 0.25) is 0 Å². The largest absolute Gasteiger partial charge is 0.463 e. The molecule has 0 unspecified atom stereocenters. The van der Waals surface area contributed by atoms with E-state index in [1.807, 2.05) is 26.0 Å². The maximum absolute atomic E-state index is 11.7. The highest BCUT2D eigenvalue weighted by atomic mass is 16.5. The van der Waals surface area contributed by atoms with Gasteiger partial charge in [-0.25, -0.2) is 4.79 Å². The second kappa shape index (κ2) is 9.77. The lowest BCUT2D eigenvalue weighted by atomic mass is 10.1. The van der Waals surface area contributed by atoms with Crippen LogP contribution in [0.5, 0.6) is 0 Å². The molecule has 0 saturated carbocycles. The molecule has 0 spiro atoms. The summed E-state index contributed by atoms with van der Waals surface area (Å²) in [5, 5.41) is 0. The first-order valence-corrected chi connectivity index (χ1v) is 7.53. The molecule has 0 aliphatic heterocycles. The summed E-state index contributed by atoms with van der Waals surface area (Å²) in [6.45, 7) is 8.05. The smallest absolute Gasteiger partial charge is 0.330 e. The van der Waals surface area contributed by atoms with Crippen LogP contribution in [-0.2, 0) is 25.7 Å². The molecule has 0 fully saturated rings. The highest BCUT2D eigenvalue weighted by molar-refractivity contribution is 5.81. The number of carbonyl (C=O) groups is 2. The van der Waals surface area contributed by atoms with E-state index in [-0.39, 0.29) is 5.97 Å². The molecule has 0 saturated heterocycles. The fourth-order valence-electron chi connectivity index (χ4n) is 2.17. The average Bonchev–Trinajstić information content (AvgIpc) is 2.47. The summed E-state index contributed by atoms with van der Waals surface area (Å²) in [5.41, 5.74) is 3.35. The summed E-state index contributed by atoms with van der Waals surface area (Å²) in [6, 6.07) is 6.13. The maximum atomic E-state index is 11.7. The molecule has 0 N–H and O–H groups in total. The van der Waals surface area contributed by atoms with E-state index in [9.17, 15) is 9.59 Å². The van der Waals surface area contributed by atoms with E-state index < -0.39 is 5.97 Å². The van der Waals surface area contributed by atoms with Crippen molar-refractivity contribution >= 4 is 11.9 Å². The second-order valence-corrected chi connectivity index (χ2v) is 5.34. The fraction of sp³-hybridized carbons (Fsp3) is 0.444. The quantitative estimate of drug-likeness (QED) is 0.397. The predicted octanol–water partition coefficient (Wildman–Crippen LogP) is 3.64. The lowest BCUT2D eigenvalue weighted by Crippen LogP contribution is -2.05. The van der Waals surface area contributed by atoms with Crippen LogP contribution in [0.25, 0.3) is 0 Å². The molecule has 0 heterocycles. The first-order chi connectivity index (χ1) is 10.5. The van der Waals surface area contributed by atoms with Gasteiger partial charge in [0.05, 0.1) is 6.61 Å². The van der Waals surface area contributed by atoms with Crippen molar-refractivity contribution in [3.63, 3.8) is 0 Å². The molecule has 4 heteroatoms. The van der Waals surface area contributed by atoms with Crippen LogP contribution in [0.3, 0.4) is 0 Å². The standard InChI is InChI=1S/C18H24O4/c1-4-17(19)21-9-7-5-6-8-18(20)22-13-16-11-14(2)10-15(3)12-16/h4,10-12H,1,5-9,13H2,2-3H3. The zero-order valence-corrected chi connectivity index (χ0v) is 13.4. The van der Waals surface area contributed by atoms with E-state index in [0.29, 0.717) is 19.6 Å². The molecule has 120 valence electrons. The summed E-state index contributed by atoms with van der Waals surface area (Å²) in [4.78, 5) is 22.5. The highest BCUT2D eigenvalue weighted by Gasteiger charge is 2.04. The molecule has 4 nitrogen and oxygen atoms in total. The van der Waals surface area contributed by atoms with Crippen molar-refractivity contribution in [3.8, 4) is 0 Å². The number of unbranched alkanes of at least 4 members (excludes halogenated alkanes) is 2. The van der Waals surface area contributed by atoms with Crippen molar-refractivity contribution in [3.05, 3.63) is 47.5 Å². The zero-order chi connectivity index (χ0) is 16.4. The van der Waals surface area contributed by atoms with Crippen LogP contribution in [-0.4, -0.2) is 18.5 Å². The Labute approximate surface area is 132 Å². The van der Waals surface area contributed by atoms with Gasteiger partial charge in [0.1, 0.15) is 6.61 Å². The fourth-order valence-corrected chi connectivity index (χ4v) is 2.17. The van der Waals surface area contributed by atoms with Crippen molar-refractivity contribution in [1.82, 2.24) is 0 Å². The van der Waals surface area contributed by atoms with E-state index in [4.69, 9.17) is 9.47 Å². The Morgan fingerprint density at radius 1 is 1.05 bits per heavy atom. The minimum atomic E-state index is -0.409. The molecule has 1 rings (SSSR count). The van der Waals surface area contributed by atoms with Crippen molar-refractivity contribution in [2.45, 2.75) is 46.1 Å². The number of carbonyl (C=O) groups excluding carboxylic acids is 2. The van der Waals surface area contributed by atoms with Crippen LogP contribution in [0.2, 0.25) is 0 Å². The number of hydrogen-bond acceptors (Lipinski definition) is 4. The van der Waals surface area contributed by atoms with Gasteiger partial charge >= 0.3 is 11.9 Å². The minimum absolute atomic E-state index is 0.192. The van der Waals surface area contributed by atoms with Crippen LogP contribution >= 0.6 is 0 Å². The third-order valence-electron chi connectivity index (χ3n) is 3.12. The van der Waals surface area contributed by atoms with E-state index in [1.54, 1.807) is 0 Å². The summed E-state index contributed by atoms with van der Waals surface area (Å²) in [6.07, 6.45) is 3.83. The van der Waals surface area contributed by atoms with E-state index >= 15 is 0 Å². The van der Waals surface area contributed by atoms with Crippen LogP contribution in [0.15, 0.2) is 30.9 Å². The van der Waals surface area contributed by atoms with Crippen LogP contribution < -0.4 is 0 Å². The minimum Gasteiger partial charge on any atom is -0.463 e. The third-order valence-corrected chi connectivity index (χ3v) is 3.12. The van der Waals surface area contributed by atoms with Gasteiger partial charge in [0.15, 0.2) is 0 Å². The topological polar surface area (TPSA) is 52.6 Å². The first kappa shape index (κ1) is 18.0. The van der Waals surface area contributed by atoms with Gasteiger partial charge in [0, 0.05) is 12.5 Å². The Morgan fingerprint density at radius 3 is 2.36 bits per heavy atom. The molecule has 0 amide bonds. The molecule has 22 heavy (non-hydrogen) atoms. The molecule has 1 aromatic carbocycles. The second-order valence-electron chi connectivity index (χ2n) is 5.34. The molecular weight excluding hydrogens is 280 g/mol. The van der Waals surface area contributed by atoms with E-state index in [2.05, 4.69) is 12.6 Å². The highest BCUT2D eigenvalue weighted by Crippen LogP contribution is 2.11. The molecule has 0 aliphatic carbocycles. The zero-order valence-electron chi connectivity index (χ0n) is 13.4. The van der Waals surface area contributed by atoms with Crippen LogP contribution in [0.1, 0.15) is 42.4 Å². The number of ether oxygens (including phenoxy) is 2. The number of hydrogen-bond donors (Lipinski definition) is 0. The van der Waals surface area contributed by atoms with Crippen LogP contribution in [0.4, 0.5) is 0 Å². The van der Waals surface area contributed by atoms with E-state index in [1.165, 1.54) is 11.1 Å². The van der Waals surface area contributed by atoms with E-state index in [0.717, 1.165) is 30.9 Å². The Balaban J connectivity index is 2.13. The molecule has 1 aromatic rings. The number of rotatable bonds is 9. The van der Waals surface area contributed by atoms with Crippen LogP contribution in [0, 0.1) is 13.8 Å². The lowest BCUT2D eigenvalue weighted by molar-refractivity contribution is -0.145. The number of aryl methyl sites for hydroxylation is 2. The summed E-state index contributed by atoms with van der Waals surface area (Å²) >= 11 is 0. The summed E-state index contributed by atoms with van der Waals surface area (Å²) < 4.78 is 10.1. The van der Waals surface area contributed by atoms with Gasteiger partial charge in [-0.05, 0) is 38.7 Å². The Kier molecular flexibility index (Phi) is 7.97. The predicted molar refractivity (Wildman–Crippen MR) is 85.3 cm³/mol. The monoisotopic (exact) mass is 304 g/mol. The Bertz CT molecular complexity index is 500. The lowest BCUT2D eigenvalue weighted by Gasteiger charge is -2.07. The van der Waals surface area contributed by atoms with Crippen molar-refractivity contribution in [1.29, 1.82) is 0 Å². The van der Waals surface area contributed by atoms with Gasteiger partial charge in [-0.3, -0.25) is 4.79 Å². The average molecular weight is 304 g/mol. The van der Waals surface area contributed by atoms with Crippen molar-refractivity contribution in [2.24, 2.45) is 0 Å². The van der Waals surface area contributed by atoms with Gasteiger partial charge < -0.3 is 9.47 Å².